The first-order valence-corrected chi connectivity index (χ1v) is 16.4. The minimum Gasteiger partial charge on any atom is -0.463 e. The number of hydrogen-bond acceptors (Lipinski definition) is 11. The van der Waals surface area contributed by atoms with Gasteiger partial charge in [-0.1, -0.05) is 48.5 Å². The van der Waals surface area contributed by atoms with Crippen molar-refractivity contribution in [2.24, 2.45) is 23.7 Å². The van der Waals surface area contributed by atoms with Crippen molar-refractivity contribution in [2.45, 2.75) is 133 Å². The van der Waals surface area contributed by atoms with Crippen LogP contribution in [0.15, 0.2) is 0 Å². The Labute approximate surface area is 277 Å². The van der Waals surface area contributed by atoms with Gasteiger partial charge in [0.1, 0.15) is 0 Å². The first-order valence-electron chi connectivity index (χ1n) is 16.4. The zero-order valence-corrected chi connectivity index (χ0v) is 30.4. The fourth-order valence-electron chi connectivity index (χ4n) is 2.73. The van der Waals surface area contributed by atoms with Crippen LogP contribution in [0.5, 0.6) is 0 Å². The maximum Gasteiger partial charge on any atom is 0.306 e. The summed E-state index contributed by atoms with van der Waals surface area (Å²) >= 11 is 0. The van der Waals surface area contributed by atoms with Gasteiger partial charge in [-0.2, -0.15) is 0 Å². The van der Waals surface area contributed by atoms with Gasteiger partial charge in [0.25, 0.3) is 0 Å². The zero-order chi connectivity index (χ0) is 36.8. The molecule has 276 valence electrons. The lowest BCUT2D eigenvalue weighted by Gasteiger charge is -2.15. The monoisotopic (exact) mass is 668 g/mol. The van der Waals surface area contributed by atoms with E-state index in [9.17, 15) is 19.2 Å². The Balaban J connectivity index is -0.000000256. The Bertz CT molecular complexity index is 754. The summed E-state index contributed by atoms with van der Waals surface area (Å²) in [6.45, 7) is 20.5. The summed E-state index contributed by atoms with van der Waals surface area (Å²) in [5.74, 6) is -0.766. The highest BCUT2D eigenvalue weighted by molar-refractivity contribution is 5.78. The molecule has 13 heteroatoms. The summed E-state index contributed by atoms with van der Waals surface area (Å²) in [7, 11) is 0. The maximum absolute atomic E-state index is 11.0. The van der Waals surface area contributed by atoms with E-state index in [0.717, 1.165) is 6.42 Å². The highest BCUT2D eigenvalue weighted by Gasteiger charge is 2.14. The molecule has 3 atom stereocenters. The molecule has 2 amide bonds. The highest BCUT2D eigenvalue weighted by Crippen LogP contribution is 2.04. The van der Waals surface area contributed by atoms with Gasteiger partial charge in [0.05, 0.1) is 37.4 Å². The van der Waals surface area contributed by atoms with E-state index in [0.29, 0.717) is 25.8 Å². The van der Waals surface area contributed by atoms with Gasteiger partial charge in [0, 0.05) is 50.5 Å². The van der Waals surface area contributed by atoms with Crippen molar-refractivity contribution < 1.29 is 54.2 Å². The van der Waals surface area contributed by atoms with Gasteiger partial charge >= 0.3 is 11.9 Å². The van der Waals surface area contributed by atoms with Crippen molar-refractivity contribution in [1.82, 2.24) is 10.6 Å². The van der Waals surface area contributed by atoms with Gasteiger partial charge in [-0.25, -0.2) is 0 Å². The number of aliphatic hydroxyl groups excluding tert-OH is 5. The van der Waals surface area contributed by atoms with Crippen LogP contribution in [0, 0.1) is 23.7 Å². The molecule has 0 aliphatic heterocycles. The molecule has 0 fully saturated rings. The lowest BCUT2D eigenvalue weighted by Crippen LogP contribution is -2.39. The van der Waals surface area contributed by atoms with Crippen molar-refractivity contribution in [3.05, 3.63) is 0 Å². The van der Waals surface area contributed by atoms with Crippen LogP contribution < -0.4 is 10.6 Å². The Morgan fingerprint density at radius 1 is 0.652 bits per heavy atom. The molecule has 0 aliphatic carbocycles. The first-order chi connectivity index (χ1) is 21.3. The number of esters is 2. The number of rotatable bonds is 18. The van der Waals surface area contributed by atoms with Gasteiger partial charge in [0.15, 0.2) is 0 Å². The number of carbonyl (C=O) groups is 4. The van der Waals surface area contributed by atoms with Gasteiger partial charge in [-0.15, -0.1) is 0 Å². The summed E-state index contributed by atoms with van der Waals surface area (Å²) in [6.07, 6.45) is 1.78. The Kier molecular flexibility index (Phi) is 35.8. The normalized spacial score (nSPS) is 12.5. The molecule has 0 aromatic carbocycles. The quantitative estimate of drug-likeness (QED) is 0.105. The van der Waals surface area contributed by atoms with E-state index < -0.39 is 5.92 Å². The number of aliphatic hydroxyl groups is 5. The van der Waals surface area contributed by atoms with Crippen LogP contribution in [0.25, 0.3) is 0 Å². The van der Waals surface area contributed by atoms with Gasteiger partial charge in [-0.3, -0.25) is 19.2 Å². The predicted molar refractivity (Wildman–Crippen MR) is 179 cm³/mol. The number of hydrogen-bond donors (Lipinski definition) is 7. The second-order valence-electron chi connectivity index (χ2n) is 12.3. The van der Waals surface area contributed by atoms with Gasteiger partial charge in [-0.05, 0) is 52.9 Å². The topological polar surface area (TPSA) is 212 Å². The Hall–Kier alpha value is -2.32. The van der Waals surface area contributed by atoms with E-state index in [1.54, 1.807) is 13.8 Å². The molecule has 0 aromatic heterocycles. The number of nitrogens with one attached hydrogen (secondary N) is 2. The smallest absolute Gasteiger partial charge is 0.306 e. The Morgan fingerprint density at radius 3 is 1.48 bits per heavy atom. The molecule has 13 nitrogen and oxygen atoms in total. The molecule has 0 aromatic rings. The van der Waals surface area contributed by atoms with Crippen LogP contribution in [0.3, 0.4) is 0 Å². The molecule has 0 bridgehead atoms. The number of carbonyl (C=O) groups excluding carboxylic acids is 4. The van der Waals surface area contributed by atoms with E-state index in [1.807, 2.05) is 62.3 Å². The average molecular weight is 669 g/mol. The van der Waals surface area contributed by atoms with E-state index >= 15 is 0 Å². The molecule has 0 saturated heterocycles. The van der Waals surface area contributed by atoms with E-state index in [4.69, 9.17) is 35.0 Å². The summed E-state index contributed by atoms with van der Waals surface area (Å²) < 4.78 is 9.72. The fraction of sp³-hybridized carbons (Fsp3) is 0.879. The fourth-order valence-corrected chi connectivity index (χ4v) is 2.73. The molecule has 0 saturated carbocycles. The summed E-state index contributed by atoms with van der Waals surface area (Å²) in [5.41, 5.74) is 0. The van der Waals surface area contributed by atoms with E-state index in [1.165, 1.54) is 0 Å². The van der Waals surface area contributed by atoms with Crippen LogP contribution >= 0.6 is 0 Å². The second kappa shape index (κ2) is 32.6. The van der Waals surface area contributed by atoms with Crippen LogP contribution in [-0.4, -0.2) is 107 Å². The minimum absolute atomic E-state index is 0.00407. The van der Waals surface area contributed by atoms with E-state index in [2.05, 4.69) is 10.6 Å². The summed E-state index contributed by atoms with van der Waals surface area (Å²) in [5, 5.41) is 49.3. The van der Waals surface area contributed by atoms with Crippen LogP contribution in [0.2, 0.25) is 0 Å². The SMILES string of the molecule is CC(C)OC(=O)CC(CO)CO.CC(CO)CNC(=O)C(C)C.CCC(CO)NC(=O)C(C)C.CCC(O)CCC(=O)OC(C)C. The molecule has 0 heterocycles. The number of amides is 2. The first kappa shape index (κ1) is 50.5. The van der Waals surface area contributed by atoms with Crippen LogP contribution in [-0.2, 0) is 28.7 Å². The maximum atomic E-state index is 11.0. The standard InChI is InChI=1S/C9H18O3.2C8H17NO2.C8H16O4/c1-4-8(10)5-6-9(11)12-7(2)3;1-6(2)8(11)9-4-7(3)5-10;1-4-7(5-10)9-8(11)6(2)3;1-6(2)12-8(11)3-7(4-9)5-10/h7-8,10H,4-6H2,1-3H3;2*6-7,10H,4-5H2,1-3H3,(H,9,11);6-7,9-10H,3-5H2,1-2H3. The van der Waals surface area contributed by atoms with Gasteiger partial charge < -0.3 is 45.6 Å². The summed E-state index contributed by atoms with van der Waals surface area (Å²) in [4.78, 5) is 43.9. The largest absolute Gasteiger partial charge is 0.463 e. The molecular formula is C33H68N2O11. The van der Waals surface area contributed by atoms with Crippen LogP contribution in [0.1, 0.15) is 108 Å². The van der Waals surface area contributed by atoms with Crippen molar-refractivity contribution >= 4 is 23.8 Å². The molecule has 0 aliphatic rings. The zero-order valence-electron chi connectivity index (χ0n) is 30.4. The molecule has 0 radical (unpaired) electrons. The third-order valence-electron chi connectivity index (χ3n) is 5.90. The molecule has 3 unspecified atom stereocenters. The average Bonchev–Trinajstić information content (AvgIpc) is 2.99. The second-order valence-corrected chi connectivity index (χ2v) is 12.3. The van der Waals surface area contributed by atoms with Crippen molar-refractivity contribution in [3.63, 3.8) is 0 Å². The lowest BCUT2D eigenvalue weighted by molar-refractivity contribution is -0.149. The molecule has 7 N–H and O–H groups in total. The third kappa shape index (κ3) is 36.2. The molecule has 46 heavy (non-hydrogen) atoms. The highest BCUT2D eigenvalue weighted by atomic mass is 16.5. The third-order valence-corrected chi connectivity index (χ3v) is 5.90. The van der Waals surface area contributed by atoms with Crippen molar-refractivity contribution in [3.8, 4) is 0 Å². The molecule has 0 spiro atoms. The van der Waals surface area contributed by atoms with Crippen LogP contribution in [0.4, 0.5) is 0 Å². The number of ether oxygens (including phenoxy) is 2. The van der Waals surface area contributed by atoms with Crippen molar-refractivity contribution in [1.29, 1.82) is 0 Å². The summed E-state index contributed by atoms with van der Waals surface area (Å²) in [6, 6.07) is -0.0788. The lowest BCUT2D eigenvalue weighted by atomic mass is 10.1. The predicted octanol–water partition coefficient (Wildman–Crippen LogP) is 2.33. The molecule has 0 rings (SSSR count). The van der Waals surface area contributed by atoms with E-state index in [-0.39, 0.29) is 98.7 Å². The van der Waals surface area contributed by atoms with Gasteiger partial charge in [0.2, 0.25) is 11.8 Å². The van der Waals surface area contributed by atoms with Crippen molar-refractivity contribution in [2.75, 3.05) is 33.0 Å². The Morgan fingerprint density at radius 2 is 1.13 bits per heavy atom. The minimum atomic E-state index is -0.392. The molecular weight excluding hydrogens is 600 g/mol.